The zero-order valence-corrected chi connectivity index (χ0v) is 12.7. The molecule has 1 aromatic carbocycles. The van der Waals surface area contributed by atoms with Crippen molar-refractivity contribution in [2.45, 2.75) is 18.9 Å². The molecule has 20 heavy (non-hydrogen) atoms. The Morgan fingerprint density at radius 2 is 2.10 bits per heavy atom. The SMILES string of the molecule is CC1(n2cc(-c3ccccc3Cl)cn2)CCS(=O)(=O)C1. The normalized spacial score (nSPS) is 24.9. The standard InChI is InChI=1S/C14H15ClN2O2S/c1-14(6-7-20(18,19)10-14)17-9-11(8-16-17)12-4-2-3-5-13(12)15/h2-5,8-9H,6-7,10H2,1H3. The lowest BCUT2D eigenvalue weighted by Crippen LogP contribution is -2.31. The van der Waals surface area contributed by atoms with Crippen LogP contribution in [-0.4, -0.2) is 29.7 Å². The first kappa shape index (κ1) is 13.6. The molecule has 1 aliphatic heterocycles. The Kier molecular flexibility index (Phi) is 3.14. The van der Waals surface area contributed by atoms with Crippen molar-refractivity contribution in [2.75, 3.05) is 11.5 Å². The van der Waals surface area contributed by atoms with E-state index in [4.69, 9.17) is 11.6 Å². The van der Waals surface area contributed by atoms with Crippen LogP contribution in [0.15, 0.2) is 36.7 Å². The van der Waals surface area contributed by atoms with Gasteiger partial charge in [-0.1, -0.05) is 29.8 Å². The summed E-state index contributed by atoms with van der Waals surface area (Å²) in [6, 6.07) is 7.55. The Balaban J connectivity index is 1.98. The van der Waals surface area contributed by atoms with E-state index in [2.05, 4.69) is 5.10 Å². The van der Waals surface area contributed by atoms with E-state index in [9.17, 15) is 8.42 Å². The molecule has 1 unspecified atom stereocenters. The van der Waals surface area contributed by atoms with Gasteiger partial charge in [-0.2, -0.15) is 5.10 Å². The third kappa shape index (κ3) is 2.36. The maximum atomic E-state index is 11.7. The lowest BCUT2D eigenvalue weighted by molar-refractivity contribution is 0.328. The van der Waals surface area contributed by atoms with Crippen LogP contribution in [0.5, 0.6) is 0 Å². The molecule has 6 heteroatoms. The molecule has 0 aliphatic carbocycles. The van der Waals surface area contributed by atoms with Crippen LogP contribution < -0.4 is 0 Å². The summed E-state index contributed by atoms with van der Waals surface area (Å²) in [5.41, 5.74) is 1.35. The molecule has 1 atom stereocenters. The summed E-state index contributed by atoms with van der Waals surface area (Å²) < 4.78 is 25.1. The zero-order chi connectivity index (χ0) is 14.4. The summed E-state index contributed by atoms with van der Waals surface area (Å²) in [4.78, 5) is 0. The first-order valence-electron chi connectivity index (χ1n) is 6.40. The van der Waals surface area contributed by atoms with Gasteiger partial charge in [-0.25, -0.2) is 8.42 Å². The first-order chi connectivity index (χ1) is 9.40. The van der Waals surface area contributed by atoms with Crippen molar-refractivity contribution in [3.8, 4) is 11.1 Å². The number of hydrogen-bond donors (Lipinski definition) is 0. The topological polar surface area (TPSA) is 52.0 Å². The molecule has 1 aliphatic rings. The molecule has 1 fully saturated rings. The Bertz CT molecular complexity index is 754. The second kappa shape index (κ2) is 4.60. The van der Waals surface area contributed by atoms with Gasteiger partial charge in [0.1, 0.15) is 0 Å². The maximum Gasteiger partial charge on any atom is 0.152 e. The van der Waals surface area contributed by atoms with Gasteiger partial charge in [0.15, 0.2) is 9.84 Å². The molecule has 0 N–H and O–H groups in total. The van der Waals surface area contributed by atoms with Gasteiger partial charge in [0.2, 0.25) is 0 Å². The van der Waals surface area contributed by atoms with E-state index >= 15 is 0 Å². The quantitative estimate of drug-likeness (QED) is 0.857. The Hall–Kier alpha value is -1.33. The van der Waals surface area contributed by atoms with Crippen LogP contribution in [0.2, 0.25) is 5.02 Å². The smallest absolute Gasteiger partial charge is 0.152 e. The van der Waals surface area contributed by atoms with Gasteiger partial charge in [0.05, 0.1) is 23.2 Å². The molecule has 4 nitrogen and oxygen atoms in total. The third-order valence-electron chi connectivity index (χ3n) is 3.80. The van der Waals surface area contributed by atoms with Crippen LogP contribution in [0.4, 0.5) is 0 Å². The molecule has 3 rings (SSSR count). The summed E-state index contributed by atoms with van der Waals surface area (Å²) in [6.07, 6.45) is 4.21. The molecule has 1 saturated heterocycles. The Labute approximate surface area is 123 Å². The van der Waals surface area contributed by atoms with Crippen LogP contribution in [-0.2, 0) is 15.4 Å². The highest BCUT2D eigenvalue weighted by atomic mass is 35.5. The number of halogens is 1. The minimum absolute atomic E-state index is 0.143. The van der Waals surface area contributed by atoms with E-state index in [0.717, 1.165) is 11.1 Å². The first-order valence-corrected chi connectivity index (χ1v) is 8.60. The minimum Gasteiger partial charge on any atom is -0.265 e. The predicted molar refractivity (Wildman–Crippen MR) is 79.6 cm³/mol. The molecule has 2 aromatic rings. The van der Waals surface area contributed by atoms with Crippen LogP contribution in [0.3, 0.4) is 0 Å². The zero-order valence-electron chi connectivity index (χ0n) is 11.1. The van der Waals surface area contributed by atoms with Gasteiger partial charge in [0.25, 0.3) is 0 Å². The van der Waals surface area contributed by atoms with Gasteiger partial charge >= 0.3 is 0 Å². The maximum absolute atomic E-state index is 11.7. The molecule has 106 valence electrons. The average molecular weight is 311 g/mol. The monoisotopic (exact) mass is 310 g/mol. The van der Waals surface area contributed by atoms with Crippen molar-refractivity contribution in [1.82, 2.24) is 9.78 Å². The van der Waals surface area contributed by atoms with E-state index in [1.54, 1.807) is 10.9 Å². The molecule has 0 saturated carbocycles. The molecule has 0 amide bonds. The summed E-state index contributed by atoms with van der Waals surface area (Å²) >= 11 is 6.17. The summed E-state index contributed by atoms with van der Waals surface area (Å²) in [7, 11) is -2.95. The van der Waals surface area contributed by atoms with E-state index < -0.39 is 15.4 Å². The number of aromatic nitrogens is 2. The summed E-state index contributed by atoms with van der Waals surface area (Å²) in [5.74, 6) is 0.369. The van der Waals surface area contributed by atoms with Gasteiger partial charge in [0, 0.05) is 22.3 Å². The van der Waals surface area contributed by atoms with Crippen molar-refractivity contribution >= 4 is 21.4 Å². The second-order valence-corrected chi connectivity index (χ2v) is 8.08. The van der Waals surface area contributed by atoms with Crippen LogP contribution >= 0.6 is 11.6 Å². The van der Waals surface area contributed by atoms with Crippen LogP contribution in [0.1, 0.15) is 13.3 Å². The number of hydrogen-bond acceptors (Lipinski definition) is 3. The molecular formula is C14H15ClN2O2S. The van der Waals surface area contributed by atoms with Crippen molar-refractivity contribution in [2.24, 2.45) is 0 Å². The van der Waals surface area contributed by atoms with Gasteiger partial charge in [-0.15, -0.1) is 0 Å². The fourth-order valence-electron chi connectivity index (χ4n) is 2.63. The highest BCUT2D eigenvalue weighted by Crippen LogP contribution is 2.33. The van der Waals surface area contributed by atoms with Crippen molar-refractivity contribution in [3.63, 3.8) is 0 Å². The lowest BCUT2D eigenvalue weighted by Gasteiger charge is -2.22. The number of sulfone groups is 1. The Morgan fingerprint density at radius 1 is 1.35 bits per heavy atom. The minimum atomic E-state index is -2.95. The van der Waals surface area contributed by atoms with Crippen LogP contribution in [0, 0.1) is 0 Å². The largest absolute Gasteiger partial charge is 0.265 e. The molecule has 2 heterocycles. The lowest BCUT2D eigenvalue weighted by atomic mass is 10.0. The molecule has 0 spiro atoms. The Morgan fingerprint density at radius 3 is 2.75 bits per heavy atom. The van der Waals surface area contributed by atoms with Gasteiger partial charge in [-0.3, -0.25) is 4.68 Å². The van der Waals surface area contributed by atoms with E-state index in [0.29, 0.717) is 11.4 Å². The molecule has 1 aromatic heterocycles. The number of benzene rings is 1. The average Bonchev–Trinajstić information content (AvgIpc) is 2.96. The van der Waals surface area contributed by atoms with Crippen molar-refractivity contribution in [3.05, 3.63) is 41.7 Å². The molecular weight excluding hydrogens is 296 g/mol. The second-order valence-electron chi connectivity index (χ2n) is 5.49. The number of rotatable bonds is 2. The van der Waals surface area contributed by atoms with E-state index in [-0.39, 0.29) is 11.5 Å². The highest BCUT2D eigenvalue weighted by Gasteiger charge is 2.40. The van der Waals surface area contributed by atoms with Gasteiger partial charge < -0.3 is 0 Å². The molecule has 0 bridgehead atoms. The summed E-state index contributed by atoms with van der Waals surface area (Å²) in [6.45, 7) is 1.93. The van der Waals surface area contributed by atoms with Gasteiger partial charge in [-0.05, 0) is 19.4 Å². The fourth-order valence-corrected chi connectivity index (χ4v) is 4.99. The van der Waals surface area contributed by atoms with Crippen molar-refractivity contribution in [1.29, 1.82) is 0 Å². The fraction of sp³-hybridized carbons (Fsp3) is 0.357. The van der Waals surface area contributed by atoms with Crippen LogP contribution in [0.25, 0.3) is 11.1 Å². The van der Waals surface area contributed by atoms with Crippen molar-refractivity contribution < 1.29 is 8.42 Å². The summed E-state index contributed by atoms with van der Waals surface area (Å²) in [5, 5.41) is 5.01. The number of nitrogens with zero attached hydrogens (tertiary/aromatic N) is 2. The predicted octanol–water partition coefficient (Wildman–Crippen LogP) is 2.74. The third-order valence-corrected chi connectivity index (χ3v) is 6.02. The van der Waals surface area contributed by atoms with E-state index in [1.807, 2.05) is 37.4 Å². The molecule has 0 radical (unpaired) electrons. The van der Waals surface area contributed by atoms with E-state index in [1.165, 1.54) is 0 Å². The highest BCUT2D eigenvalue weighted by molar-refractivity contribution is 7.91.